The van der Waals surface area contributed by atoms with Crippen molar-refractivity contribution in [3.8, 4) is 0 Å². The van der Waals surface area contributed by atoms with Gasteiger partial charge in [0.15, 0.2) is 9.84 Å². The molecule has 0 bridgehead atoms. The Morgan fingerprint density at radius 3 is 2.31 bits per heavy atom. The molecule has 3 atom stereocenters. The number of carboxylic acids is 1. The second-order valence-corrected chi connectivity index (χ2v) is 16.4. The van der Waals surface area contributed by atoms with Crippen LogP contribution in [0.15, 0.2) is 59.5 Å². The highest BCUT2D eigenvalue weighted by atomic mass is 32.2. The van der Waals surface area contributed by atoms with Crippen LogP contribution < -0.4 is 0 Å². The van der Waals surface area contributed by atoms with Crippen molar-refractivity contribution in [2.75, 3.05) is 39.0 Å². The molecule has 0 saturated carbocycles. The van der Waals surface area contributed by atoms with Gasteiger partial charge in [-0.1, -0.05) is 62.7 Å². The van der Waals surface area contributed by atoms with E-state index in [-0.39, 0.29) is 5.41 Å². The Bertz CT molecular complexity index is 1580. The molecule has 2 aliphatic heterocycles. The molecule has 45 heavy (non-hydrogen) atoms. The number of hydrogen-bond acceptors (Lipinski definition) is 6. The van der Waals surface area contributed by atoms with Crippen molar-refractivity contribution in [2.24, 2.45) is 11.3 Å². The van der Waals surface area contributed by atoms with Crippen LogP contribution in [0.25, 0.3) is 0 Å². The highest BCUT2D eigenvalue weighted by Gasteiger charge is 2.44. The Morgan fingerprint density at radius 1 is 1.04 bits per heavy atom. The number of rotatable bonds is 10. The Morgan fingerprint density at radius 2 is 1.73 bits per heavy atom. The smallest absolute Gasteiger partial charge is 0.321 e. The van der Waals surface area contributed by atoms with Crippen LogP contribution in [-0.4, -0.2) is 84.1 Å². The van der Waals surface area contributed by atoms with E-state index in [0.29, 0.717) is 29.1 Å². The van der Waals surface area contributed by atoms with Gasteiger partial charge in [-0.2, -0.15) is 5.10 Å². The minimum absolute atomic E-state index is 0.308. The Kier molecular flexibility index (Phi) is 9.92. The van der Waals surface area contributed by atoms with E-state index in [4.69, 9.17) is 5.10 Å². The largest absolute Gasteiger partial charge is 0.480 e. The van der Waals surface area contributed by atoms with Crippen LogP contribution >= 0.6 is 0 Å². The highest BCUT2D eigenvalue weighted by Crippen LogP contribution is 2.39. The zero-order valence-electron chi connectivity index (χ0n) is 27.7. The van der Waals surface area contributed by atoms with Crippen LogP contribution in [0.3, 0.4) is 0 Å². The van der Waals surface area contributed by atoms with Gasteiger partial charge < -0.3 is 10.0 Å². The van der Waals surface area contributed by atoms with Gasteiger partial charge in [0.05, 0.1) is 10.6 Å². The number of hydrogen-bond donors (Lipinski definition) is 1. The second kappa shape index (κ2) is 13.4. The molecule has 0 amide bonds. The molecule has 0 spiro atoms. The summed E-state index contributed by atoms with van der Waals surface area (Å²) < 4.78 is 25.8. The average Bonchev–Trinajstić information content (AvgIpc) is 3.56. The molecule has 3 aromatic rings. The average molecular weight is 635 g/mol. The van der Waals surface area contributed by atoms with Gasteiger partial charge >= 0.3 is 5.97 Å². The lowest BCUT2D eigenvalue weighted by atomic mass is 9.85. The Labute approximate surface area is 269 Å². The van der Waals surface area contributed by atoms with Crippen LogP contribution in [0, 0.1) is 18.3 Å². The first-order valence-electron chi connectivity index (χ1n) is 16.3. The Hall–Kier alpha value is -3.01. The molecule has 9 heteroatoms. The zero-order chi connectivity index (χ0) is 32.5. The summed E-state index contributed by atoms with van der Waals surface area (Å²) in [5, 5.41) is 15.1. The number of benzene rings is 2. The van der Waals surface area contributed by atoms with E-state index in [1.54, 1.807) is 12.1 Å². The molecule has 0 radical (unpaired) electrons. The lowest BCUT2D eigenvalue weighted by Crippen LogP contribution is -2.48. The van der Waals surface area contributed by atoms with Gasteiger partial charge in [-0.05, 0) is 80.4 Å². The van der Waals surface area contributed by atoms with Crippen molar-refractivity contribution < 1.29 is 18.3 Å². The fourth-order valence-electron chi connectivity index (χ4n) is 7.61. The number of carbonyl (C=O) groups is 1. The molecule has 2 fully saturated rings. The highest BCUT2D eigenvalue weighted by molar-refractivity contribution is 7.90. The molecule has 2 saturated heterocycles. The fraction of sp³-hybridized carbons (Fsp3) is 0.556. The molecule has 2 aromatic carbocycles. The summed E-state index contributed by atoms with van der Waals surface area (Å²) in [6.07, 6.45) is 4.04. The van der Waals surface area contributed by atoms with Gasteiger partial charge in [0.2, 0.25) is 0 Å². The summed E-state index contributed by atoms with van der Waals surface area (Å²) in [6.45, 7) is 15.8. The van der Waals surface area contributed by atoms with E-state index in [1.807, 2.05) is 32.9 Å². The molecule has 3 heterocycles. The molecule has 1 N–H and O–H groups in total. The molecule has 8 nitrogen and oxygen atoms in total. The van der Waals surface area contributed by atoms with Crippen LogP contribution in [-0.2, 0) is 27.6 Å². The Balaban J connectivity index is 1.26. The van der Waals surface area contributed by atoms with Crippen LogP contribution in [0.4, 0.5) is 0 Å². The summed E-state index contributed by atoms with van der Waals surface area (Å²) in [6, 6.07) is 17.6. The molecule has 5 rings (SSSR count). The van der Waals surface area contributed by atoms with Crippen molar-refractivity contribution in [3.05, 3.63) is 82.7 Å². The maximum atomic E-state index is 12.4. The molecule has 0 aliphatic carbocycles. The van der Waals surface area contributed by atoms with E-state index in [2.05, 4.69) is 58.7 Å². The van der Waals surface area contributed by atoms with Gasteiger partial charge in [-0.3, -0.25) is 14.4 Å². The summed E-state index contributed by atoms with van der Waals surface area (Å²) in [5.41, 5.74) is 5.57. The number of carboxylic acid groups (broad SMARTS) is 1. The van der Waals surface area contributed by atoms with Gasteiger partial charge in [0.25, 0.3) is 0 Å². The lowest BCUT2D eigenvalue weighted by Gasteiger charge is -2.36. The van der Waals surface area contributed by atoms with E-state index in [1.165, 1.54) is 23.1 Å². The number of aliphatic carboxylic acids is 1. The first kappa shape index (κ1) is 33.4. The van der Waals surface area contributed by atoms with Gasteiger partial charge in [-0.25, -0.2) is 8.42 Å². The quantitative estimate of drug-likeness (QED) is 0.310. The second-order valence-electron chi connectivity index (χ2n) is 14.4. The van der Waals surface area contributed by atoms with Crippen LogP contribution in [0.2, 0.25) is 0 Å². The first-order chi connectivity index (χ1) is 21.2. The first-order valence-corrected chi connectivity index (χ1v) is 18.2. The third-order valence-electron chi connectivity index (χ3n) is 9.76. The number of sulfone groups is 1. The van der Waals surface area contributed by atoms with Crippen molar-refractivity contribution in [3.63, 3.8) is 0 Å². The van der Waals surface area contributed by atoms with Gasteiger partial charge in [0.1, 0.15) is 6.04 Å². The maximum Gasteiger partial charge on any atom is 0.321 e. The molecule has 1 aromatic heterocycles. The fourth-order valence-corrected chi connectivity index (χ4v) is 8.25. The van der Waals surface area contributed by atoms with Crippen molar-refractivity contribution in [1.29, 1.82) is 0 Å². The third kappa shape index (κ3) is 7.87. The molecule has 244 valence electrons. The molecular formula is C36H50N4O4S. The summed E-state index contributed by atoms with van der Waals surface area (Å²) >= 11 is 0. The number of likely N-dealkylation sites (tertiary alicyclic amines) is 2. The molecular weight excluding hydrogens is 584 g/mol. The number of nitrogens with zero attached hydrogens (tertiary/aromatic N) is 4. The van der Waals surface area contributed by atoms with E-state index in [9.17, 15) is 18.3 Å². The van der Waals surface area contributed by atoms with Crippen LogP contribution in [0.5, 0.6) is 0 Å². The predicted molar refractivity (Wildman–Crippen MR) is 179 cm³/mol. The van der Waals surface area contributed by atoms with Gasteiger partial charge in [0, 0.05) is 56.4 Å². The topological polar surface area (TPSA) is 95.7 Å². The van der Waals surface area contributed by atoms with E-state index >= 15 is 0 Å². The zero-order valence-corrected chi connectivity index (χ0v) is 28.6. The number of aromatic nitrogens is 2. The standard InChI is InChI=1S/C36H50N4O4S/c1-7-40-33(21-30(37-40)20-26-11-13-31(14-12-26)45(6,43)44)27-15-17-38(18-16-27)22-29-23-39(34(35(41)42)36(3,4)5)24-32(29)28-10-8-9-25(2)19-28/h8-14,19,21,27,29,32,34H,7,15-18,20,22-24H2,1-6H3,(H,41,42). The van der Waals surface area contributed by atoms with Crippen molar-refractivity contribution in [1.82, 2.24) is 19.6 Å². The number of aryl methyl sites for hydroxylation is 2. The van der Waals surface area contributed by atoms with Gasteiger partial charge in [-0.15, -0.1) is 0 Å². The number of piperidine rings is 1. The normalized spacial score (nSPS) is 21.3. The SMILES string of the molecule is CCn1nc(Cc2ccc(S(C)(=O)=O)cc2)cc1C1CCN(CC2CN(C(C(=O)O)C(C)(C)C)CC2c2cccc(C)c2)CC1. The van der Waals surface area contributed by atoms with Crippen molar-refractivity contribution >= 4 is 15.8 Å². The minimum Gasteiger partial charge on any atom is -0.480 e. The third-order valence-corrected chi connectivity index (χ3v) is 10.9. The minimum atomic E-state index is -3.21. The van der Waals surface area contributed by atoms with E-state index in [0.717, 1.165) is 63.4 Å². The summed E-state index contributed by atoms with van der Waals surface area (Å²) in [5.74, 6) is 0.390. The van der Waals surface area contributed by atoms with E-state index < -0.39 is 21.8 Å². The summed E-state index contributed by atoms with van der Waals surface area (Å²) in [4.78, 5) is 17.6. The summed E-state index contributed by atoms with van der Waals surface area (Å²) in [7, 11) is -3.21. The van der Waals surface area contributed by atoms with Crippen molar-refractivity contribution in [2.45, 2.75) is 83.2 Å². The monoisotopic (exact) mass is 634 g/mol. The molecule has 3 unspecified atom stereocenters. The maximum absolute atomic E-state index is 12.4. The lowest BCUT2D eigenvalue weighted by molar-refractivity contribution is -0.147. The molecule has 2 aliphatic rings. The predicted octanol–water partition coefficient (Wildman–Crippen LogP) is 5.60. The van der Waals surface area contributed by atoms with Crippen LogP contribution in [0.1, 0.15) is 80.5 Å².